The highest BCUT2D eigenvalue weighted by Crippen LogP contribution is 2.48. The first-order valence-electron chi connectivity index (χ1n) is 6.04. The minimum absolute atomic E-state index is 0.0533. The van der Waals surface area contributed by atoms with Gasteiger partial charge in [0.2, 0.25) is 5.91 Å². The van der Waals surface area contributed by atoms with E-state index in [1.165, 1.54) is 19.3 Å². The van der Waals surface area contributed by atoms with Gasteiger partial charge in [-0.1, -0.05) is 6.92 Å². The number of carbonyl (C=O) groups excluding carboxylic acids is 1. The van der Waals surface area contributed by atoms with Crippen molar-refractivity contribution >= 4 is 17.5 Å². The summed E-state index contributed by atoms with van der Waals surface area (Å²) in [6.45, 7) is 3.79. The summed E-state index contributed by atoms with van der Waals surface area (Å²) in [5.41, 5.74) is 0.319. The van der Waals surface area contributed by atoms with E-state index in [-0.39, 0.29) is 22.8 Å². The van der Waals surface area contributed by atoms with Gasteiger partial charge in [0, 0.05) is 13.2 Å². The fourth-order valence-corrected chi connectivity index (χ4v) is 2.93. The van der Waals surface area contributed by atoms with Crippen molar-refractivity contribution in [3.05, 3.63) is 0 Å². The standard InChI is InChI=1S/C12H20ClNO2/c1-11(9-14-10(15)7-13)5-6-16-12(8-11)3-2-4-12/h2-9H2,1H3,(H,14,15). The number of carbonyl (C=O) groups is 1. The molecule has 3 nitrogen and oxygen atoms in total. The van der Waals surface area contributed by atoms with Gasteiger partial charge in [-0.15, -0.1) is 11.6 Å². The van der Waals surface area contributed by atoms with Gasteiger partial charge >= 0.3 is 0 Å². The topological polar surface area (TPSA) is 38.3 Å². The van der Waals surface area contributed by atoms with Crippen LogP contribution in [0.25, 0.3) is 0 Å². The molecule has 1 aliphatic heterocycles. The average molecular weight is 246 g/mol. The zero-order chi connectivity index (χ0) is 11.6. The van der Waals surface area contributed by atoms with E-state index in [2.05, 4.69) is 12.2 Å². The lowest BCUT2D eigenvalue weighted by Crippen LogP contribution is -2.52. The number of rotatable bonds is 3. The Labute approximate surface area is 102 Å². The fourth-order valence-electron chi connectivity index (χ4n) is 2.83. The van der Waals surface area contributed by atoms with Crippen molar-refractivity contribution in [2.45, 2.75) is 44.6 Å². The van der Waals surface area contributed by atoms with Crippen molar-refractivity contribution in [1.29, 1.82) is 0 Å². The molecular weight excluding hydrogens is 226 g/mol. The molecule has 1 saturated carbocycles. The number of halogens is 1. The molecule has 0 bridgehead atoms. The monoisotopic (exact) mass is 245 g/mol. The lowest BCUT2D eigenvalue weighted by molar-refractivity contribution is -0.163. The van der Waals surface area contributed by atoms with Crippen molar-refractivity contribution in [1.82, 2.24) is 5.32 Å². The summed E-state index contributed by atoms with van der Waals surface area (Å²) in [5, 5.41) is 2.90. The average Bonchev–Trinajstić information content (AvgIpc) is 2.24. The van der Waals surface area contributed by atoms with E-state index in [0.29, 0.717) is 0 Å². The third-order valence-electron chi connectivity index (χ3n) is 3.96. The third kappa shape index (κ3) is 2.51. The Hall–Kier alpha value is -0.280. The first-order chi connectivity index (χ1) is 7.58. The number of ether oxygens (including phenoxy) is 1. The van der Waals surface area contributed by atoms with E-state index in [1.807, 2.05) is 0 Å². The molecule has 92 valence electrons. The Balaban J connectivity index is 1.88. The molecule has 0 aromatic rings. The van der Waals surface area contributed by atoms with Gasteiger partial charge in [0.05, 0.1) is 5.60 Å². The van der Waals surface area contributed by atoms with Gasteiger partial charge in [-0.2, -0.15) is 0 Å². The molecule has 1 saturated heterocycles. The third-order valence-corrected chi connectivity index (χ3v) is 4.20. The molecule has 4 heteroatoms. The number of amides is 1. The van der Waals surface area contributed by atoms with Crippen LogP contribution < -0.4 is 5.32 Å². The summed E-state index contributed by atoms with van der Waals surface area (Å²) in [7, 11) is 0. The molecule has 2 rings (SSSR count). The highest BCUT2D eigenvalue weighted by atomic mass is 35.5. The lowest BCUT2D eigenvalue weighted by atomic mass is 9.66. The van der Waals surface area contributed by atoms with Gasteiger partial charge in [-0.25, -0.2) is 0 Å². The summed E-state index contributed by atoms with van der Waals surface area (Å²) in [4.78, 5) is 11.2. The van der Waals surface area contributed by atoms with Crippen LogP contribution in [0.15, 0.2) is 0 Å². The molecule has 16 heavy (non-hydrogen) atoms. The van der Waals surface area contributed by atoms with Gasteiger partial charge in [0.15, 0.2) is 0 Å². The van der Waals surface area contributed by atoms with Crippen LogP contribution in [-0.2, 0) is 9.53 Å². The molecular formula is C12H20ClNO2. The fraction of sp³-hybridized carbons (Fsp3) is 0.917. The van der Waals surface area contributed by atoms with Crippen LogP contribution >= 0.6 is 11.6 Å². The van der Waals surface area contributed by atoms with E-state index in [0.717, 1.165) is 26.0 Å². The molecule has 1 atom stereocenters. The van der Waals surface area contributed by atoms with Crippen LogP contribution in [0, 0.1) is 5.41 Å². The van der Waals surface area contributed by atoms with Gasteiger partial charge in [0.25, 0.3) is 0 Å². The van der Waals surface area contributed by atoms with E-state index in [4.69, 9.17) is 16.3 Å². The Morgan fingerprint density at radius 3 is 2.75 bits per heavy atom. The first kappa shape index (κ1) is 12.2. The van der Waals surface area contributed by atoms with E-state index >= 15 is 0 Å². The van der Waals surface area contributed by atoms with E-state index in [9.17, 15) is 4.79 Å². The van der Waals surface area contributed by atoms with Crippen molar-refractivity contribution in [2.24, 2.45) is 5.41 Å². The number of hydrogen-bond donors (Lipinski definition) is 1. The van der Waals surface area contributed by atoms with Crippen LogP contribution in [0.2, 0.25) is 0 Å². The zero-order valence-corrected chi connectivity index (χ0v) is 10.6. The zero-order valence-electron chi connectivity index (χ0n) is 9.85. The molecule has 1 amide bonds. The molecule has 2 aliphatic rings. The Kier molecular flexibility index (Phi) is 3.45. The summed E-state index contributed by atoms with van der Waals surface area (Å²) in [5.74, 6) is -0.0189. The summed E-state index contributed by atoms with van der Waals surface area (Å²) in [6, 6.07) is 0. The number of hydrogen-bond acceptors (Lipinski definition) is 2. The Morgan fingerprint density at radius 2 is 2.19 bits per heavy atom. The number of nitrogens with one attached hydrogen (secondary N) is 1. The highest BCUT2D eigenvalue weighted by Gasteiger charge is 2.46. The van der Waals surface area contributed by atoms with Gasteiger partial charge in [0.1, 0.15) is 5.88 Å². The largest absolute Gasteiger partial charge is 0.375 e. The molecule has 0 aromatic heterocycles. The molecule has 0 radical (unpaired) electrons. The smallest absolute Gasteiger partial charge is 0.234 e. The maximum atomic E-state index is 11.2. The van der Waals surface area contributed by atoms with Gasteiger partial charge in [-0.05, 0) is 37.5 Å². The molecule has 1 heterocycles. The quantitative estimate of drug-likeness (QED) is 0.774. The highest BCUT2D eigenvalue weighted by molar-refractivity contribution is 6.27. The molecule has 1 aliphatic carbocycles. The van der Waals surface area contributed by atoms with Crippen molar-refractivity contribution < 1.29 is 9.53 Å². The first-order valence-corrected chi connectivity index (χ1v) is 6.58. The molecule has 1 unspecified atom stereocenters. The van der Waals surface area contributed by atoms with Crippen LogP contribution in [0.1, 0.15) is 39.0 Å². The summed E-state index contributed by atoms with van der Waals surface area (Å²) >= 11 is 5.47. The van der Waals surface area contributed by atoms with Crippen LogP contribution in [0.3, 0.4) is 0 Å². The molecule has 2 fully saturated rings. The second-order valence-corrected chi connectivity index (χ2v) is 5.80. The second-order valence-electron chi connectivity index (χ2n) is 5.53. The lowest BCUT2D eigenvalue weighted by Gasteiger charge is -2.51. The Bertz CT molecular complexity index is 278. The molecule has 0 aromatic carbocycles. The SMILES string of the molecule is CC1(CNC(=O)CCl)CCOC2(CCC2)C1. The minimum Gasteiger partial charge on any atom is -0.375 e. The molecule has 1 spiro atoms. The van der Waals surface area contributed by atoms with E-state index in [1.54, 1.807) is 0 Å². The molecule has 1 N–H and O–H groups in total. The van der Waals surface area contributed by atoms with Crippen LogP contribution in [-0.4, -0.2) is 30.5 Å². The van der Waals surface area contributed by atoms with Gasteiger partial charge in [-0.3, -0.25) is 4.79 Å². The van der Waals surface area contributed by atoms with Crippen molar-refractivity contribution in [3.8, 4) is 0 Å². The van der Waals surface area contributed by atoms with Gasteiger partial charge < -0.3 is 10.1 Å². The van der Waals surface area contributed by atoms with Crippen molar-refractivity contribution in [3.63, 3.8) is 0 Å². The maximum Gasteiger partial charge on any atom is 0.234 e. The van der Waals surface area contributed by atoms with Crippen molar-refractivity contribution in [2.75, 3.05) is 19.0 Å². The predicted molar refractivity (Wildman–Crippen MR) is 63.6 cm³/mol. The maximum absolute atomic E-state index is 11.2. The Morgan fingerprint density at radius 1 is 1.44 bits per heavy atom. The van der Waals surface area contributed by atoms with Crippen LogP contribution in [0.4, 0.5) is 0 Å². The van der Waals surface area contributed by atoms with E-state index < -0.39 is 0 Å². The normalized spacial score (nSPS) is 32.1. The van der Waals surface area contributed by atoms with Crippen LogP contribution in [0.5, 0.6) is 0 Å². The predicted octanol–water partition coefficient (Wildman–Crippen LogP) is 2.08. The summed E-state index contributed by atoms with van der Waals surface area (Å²) < 4.78 is 5.89. The number of alkyl halides is 1. The summed E-state index contributed by atoms with van der Waals surface area (Å²) in [6.07, 6.45) is 5.75. The second kappa shape index (κ2) is 4.53. The minimum atomic E-state index is -0.0722.